The van der Waals surface area contributed by atoms with Crippen molar-refractivity contribution >= 4 is 45.6 Å². The molecular formula is C19H38NNaO4S. The summed E-state index contributed by atoms with van der Waals surface area (Å²) in [5, 5.41) is 0. The Morgan fingerprint density at radius 3 is 1.54 bits per heavy atom. The number of primary amides is 1. The van der Waals surface area contributed by atoms with Crippen LogP contribution in [-0.2, 0) is 14.9 Å². The summed E-state index contributed by atoms with van der Waals surface area (Å²) in [6, 6.07) is 0. The number of hydrogen-bond donors (Lipinski definition) is 2. The van der Waals surface area contributed by atoms with E-state index in [4.69, 9.17) is 5.73 Å². The molecule has 0 aromatic rings. The summed E-state index contributed by atoms with van der Waals surface area (Å²) in [6.45, 7) is 4.13. The molecular weight excluding hydrogens is 361 g/mol. The quantitative estimate of drug-likeness (QED) is 0.173. The Hall–Kier alpha value is 0.120. The number of nitrogens with two attached hydrogens (primary N) is 1. The minimum absolute atomic E-state index is 0. The summed E-state index contributed by atoms with van der Waals surface area (Å²) in [6.07, 6.45) is 15.0. The van der Waals surface area contributed by atoms with Crippen LogP contribution in [0.2, 0.25) is 0 Å². The number of allylic oxidation sites excluding steroid dienone is 1. The number of carbonyl (C=O) groups excluding carboxylic acids is 1. The molecule has 0 aliphatic heterocycles. The fraction of sp³-hybridized carbons (Fsp3) is 0.842. The van der Waals surface area contributed by atoms with Crippen LogP contribution in [-0.4, -0.2) is 48.4 Å². The van der Waals surface area contributed by atoms with Crippen LogP contribution in [0.1, 0.15) is 104 Å². The second-order valence-electron chi connectivity index (χ2n) is 6.81. The molecule has 0 bridgehead atoms. The summed E-state index contributed by atoms with van der Waals surface area (Å²) in [5.41, 5.74) is 5.61. The molecule has 3 N–H and O–H groups in total. The molecule has 0 radical (unpaired) electrons. The molecule has 0 saturated carbocycles. The maximum absolute atomic E-state index is 11.4. The van der Waals surface area contributed by atoms with Crippen LogP contribution in [0.4, 0.5) is 0 Å². The van der Waals surface area contributed by atoms with Gasteiger partial charge in [-0.3, -0.25) is 9.35 Å². The standard InChI is InChI=1S/C19H37NO4S.Na.H/c1-3-5-6-7-8-9-10-11-12-13-14-16-17(15-4-2)18(19(20)21)25(22,23)24;;/h3-16H2,1-2H3,(H2,20,21)(H,22,23,24);;/b18-17-;;. The van der Waals surface area contributed by atoms with E-state index in [-0.39, 0.29) is 29.6 Å². The van der Waals surface area contributed by atoms with Gasteiger partial charge in [0.15, 0.2) is 4.91 Å². The van der Waals surface area contributed by atoms with Gasteiger partial charge in [0.05, 0.1) is 0 Å². The zero-order chi connectivity index (χ0) is 19.1. The average Bonchev–Trinajstić information content (AvgIpc) is 2.51. The topological polar surface area (TPSA) is 97.5 Å². The van der Waals surface area contributed by atoms with Crippen molar-refractivity contribution in [3.63, 3.8) is 0 Å². The van der Waals surface area contributed by atoms with E-state index in [1.165, 1.54) is 51.4 Å². The molecule has 7 heteroatoms. The van der Waals surface area contributed by atoms with Crippen molar-refractivity contribution in [3.8, 4) is 0 Å². The van der Waals surface area contributed by atoms with E-state index in [2.05, 4.69) is 6.92 Å². The van der Waals surface area contributed by atoms with E-state index < -0.39 is 20.9 Å². The van der Waals surface area contributed by atoms with Crippen LogP contribution in [0.3, 0.4) is 0 Å². The first-order valence-electron chi connectivity index (χ1n) is 9.83. The van der Waals surface area contributed by atoms with Crippen molar-refractivity contribution in [1.82, 2.24) is 0 Å². The third-order valence-corrected chi connectivity index (χ3v) is 5.44. The van der Waals surface area contributed by atoms with E-state index in [1.54, 1.807) is 0 Å². The number of hydrogen-bond acceptors (Lipinski definition) is 3. The molecule has 0 saturated heterocycles. The van der Waals surface area contributed by atoms with Gasteiger partial charge in [0.2, 0.25) is 0 Å². The van der Waals surface area contributed by atoms with Crippen molar-refractivity contribution in [1.29, 1.82) is 0 Å². The van der Waals surface area contributed by atoms with Crippen molar-refractivity contribution in [2.24, 2.45) is 5.73 Å². The first-order chi connectivity index (χ1) is 11.8. The fourth-order valence-corrected chi connectivity index (χ4v) is 3.96. The number of carbonyl (C=O) groups is 1. The van der Waals surface area contributed by atoms with Crippen molar-refractivity contribution in [2.75, 3.05) is 0 Å². The van der Waals surface area contributed by atoms with Gasteiger partial charge in [0.1, 0.15) is 0 Å². The zero-order valence-electron chi connectivity index (χ0n) is 16.1. The first kappa shape index (κ1) is 28.3. The molecule has 0 unspecified atom stereocenters. The van der Waals surface area contributed by atoms with Crippen molar-refractivity contribution < 1.29 is 17.8 Å². The van der Waals surface area contributed by atoms with Gasteiger partial charge in [-0.05, 0) is 24.8 Å². The summed E-state index contributed by atoms with van der Waals surface area (Å²) in [7, 11) is -4.54. The van der Waals surface area contributed by atoms with Gasteiger partial charge < -0.3 is 5.73 Å². The van der Waals surface area contributed by atoms with Gasteiger partial charge in [0, 0.05) is 0 Å². The van der Waals surface area contributed by atoms with Crippen molar-refractivity contribution in [3.05, 3.63) is 10.5 Å². The van der Waals surface area contributed by atoms with Gasteiger partial charge in [-0.1, -0.05) is 84.5 Å². The van der Waals surface area contributed by atoms with E-state index in [9.17, 15) is 17.8 Å². The van der Waals surface area contributed by atoms with Gasteiger partial charge >= 0.3 is 29.6 Å². The molecule has 0 aliphatic carbocycles. The van der Waals surface area contributed by atoms with Crippen LogP contribution in [0.15, 0.2) is 10.5 Å². The Morgan fingerprint density at radius 2 is 1.19 bits per heavy atom. The predicted octanol–water partition coefficient (Wildman–Crippen LogP) is 4.47. The third-order valence-electron chi connectivity index (χ3n) is 4.44. The van der Waals surface area contributed by atoms with E-state index in [1.807, 2.05) is 6.92 Å². The molecule has 0 fully saturated rings. The fourth-order valence-electron chi connectivity index (χ4n) is 3.14. The molecule has 5 nitrogen and oxygen atoms in total. The van der Waals surface area contributed by atoms with Crippen LogP contribution >= 0.6 is 0 Å². The molecule has 0 aliphatic rings. The van der Waals surface area contributed by atoms with Gasteiger partial charge in [-0.15, -0.1) is 0 Å². The minimum atomic E-state index is -4.54. The Labute approximate surface area is 182 Å². The Bertz CT molecular complexity index is 504. The Kier molecular flexibility index (Phi) is 18.8. The molecule has 0 spiro atoms. The van der Waals surface area contributed by atoms with Crippen molar-refractivity contribution in [2.45, 2.75) is 104 Å². The maximum atomic E-state index is 11.4. The van der Waals surface area contributed by atoms with Gasteiger partial charge in [-0.25, -0.2) is 0 Å². The normalized spacial score (nSPS) is 12.4. The molecule has 0 heterocycles. The SMILES string of the molecule is CCCCCCCCCCCCC/C(CCC)=C(/C(N)=O)S(=O)(=O)O.[NaH]. The molecule has 150 valence electrons. The molecule has 26 heavy (non-hydrogen) atoms. The Balaban J connectivity index is 0. The molecule has 1 amide bonds. The Morgan fingerprint density at radius 1 is 0.769 bits per heavy atom. The molecule has 0 rings (SSSR count). The summed E-state index contributed by atoms with van der Waals surface area (Å²) < 4.78 is 32.0. The molecule has 0 aromatic heterocycles. The summed E-state index contributed by atoms with van der Waals surface area (Å²) in [4.78, 5) is 10.8. The van der Waals surface area contributed by atoms with Crippen LogP contribution in [0.5, 0.6) is 0 Å². The second kappa shape index (κ2) is 17.2. The number of rotatable bonds is 16. The van der Waals surface area contributed by atoms with Crippen LogP contribution < -0.4 is 5.73 Å². The van der Waals surface area contributed by atoms with Gasteiger partial charge in [0.25, 0.3) is 16.0 Å². The average molecular weight is 400 g/mol. The van der Waals surface area contributed by atoms with E-state index in [0.717, 1.165) is 19.3 Å². The predicted molar refractivity (Wildman–Crippen MR) is 111 cm³/mol. The number of unbranched alkanes of at least 4 members (excludes halogenated alkanes) is 10. The monoisotopic (exact) mass is 399 g/mol. The zero-order valence-corrected chi connectivity index (χ0v) is 16.9. The molecule has 0 atom stereocenters. The number of amides is 1. The van der Waals surface area contributed by atoms with Gasteiger partial charge in [-0.2, -0.15) is 8.42 Å². The van der Waals surface area contributed by atoms with E-state index in [0.29, 0.717) is 24.8 Å². The van der Waals surface area contributed by atoms with Crippen LogP contribution in [0, 0.1) is 0 Å². The second-order valence-corrected chi connectivity index (χ2v) is 8.17. The summed E-state index contributed by atoms with van der Waals surface area (Å²) in [5.74, 6) is -1.06. The first-order valence-corrected chi connectivity index (χ1v) is 11.3. The van der Waals surface area contributed by atoms with Crippen LogP contribution in [0.25, 0.3) is 0 Å². The molecule has 0 aromatic carbocycles. The third kappa shape index (κ3) is 14.2. The van der Waals surface area contributed by atoms with E-state index >= 15 is 0 Å². The summed E-state index contributed by atoms with van der Waals surface area (Å²) >= 11 is 0.